The molecule has 3 heterocycles. The van der Waals surface area contributed by atoms with Crippen LogP contribution in [0.3, 0.4) is 0 Å². The lowest BCUT2D eigenvalue weighted by Gasteiger charge is -2.41. The molecule has 2 N–H and O–H groups in total. The predicted molar refractivity (Wildman–Crippen MR) is 160 cm³/mol. The minimum Gasteiger partial charge on any atom is -0.493 e. The van der Waals surface area contributed by atoms with Crippen molar-refractivity contribution in [2.75, 3.05) is 21.0 Å². The highest BCUT2D eigenvalue weighted by Crippen LogP contribution is 2.49. The smallest absolute Gasteiger partial charge is 0.339 e. The lowest BCUT2D eigenvalue weighted by molar-refractivity contribution is -0.267. The van der Waals surface area contributed by atoms with Gasteiger partial charge < -0.3 is 48.1 Å². The topological polar surface area (TPSA) is 148 Å². The number of aliphatic hydroxyl groups is 2. The monoisotopic (exact) mass is 630 g/mol. The molecule has 5 atom stereocenters. The van der Waals surface area contributed by atoms with E-state index in [-0.39, 0.29) is 30.3 Å². The van der Waals surface area contributed by atoms with Gasteiger partial charge in [0.2, 0.25) is 13.1 Å². The van der Waals surface area contributed by atoms with Crippen LogP contribution < -0.4 is 23.7 Å². The minimum absolute atomic E-state index is 0.0793. The first-order valence-electron chi connectivity index (χ1n) is 14.5. The summed E-state index contributed by atoms with van der Waals surface area (Å²) in [6.07, 6.45) is -6.67. The molecule has 7 rings (SSSR count). The summed E-state index contributed by atoms with van der Waals surface area (Å²) >= 11 is 0. The third-order valence-corrected chi connectivity index (χ3v) is 8.34. The van der Waals surface area contributed by atoms with Crippen LogP contribution in [0.5, 0.6) is 28.7 Å². The van der Waals surface area contributed by atoms with E-state index in [0.29, 0.717) is 50.5 Å². The fourth-order valence-corrected chi connectivity index (χ4v) is 6.01. The molecule has 4 aromatic rings. The Balaban J connectivity index is 1.35. The number of hydrogen-bond donors (Lipinski definition) is 2. The van der Waals surface area contributed by atoms with Crippen molar-refractivity contribution in [2.24, 2.45) is 0 Å². The van der Waals surface area contributed by atoms with Gasteiger partial charge in [-0.15, -0.1) is 0 Å². The van der Waals surface area contributed by atoms with E-state index in [4.69, 9.17) is 37.9 Å². The van der Waals surface area contributed by atoms with Crippen molar-refractivity contribution in [1.29, 1.82) is 0 Å². The Labute approximate surface area is 262 Å². The Morgan fingerprint density at radius 2 is 1.57 bits per heavy atom. The minimum atomic E-state index is -1.61. The summed E-state index contributed by atoms with van der Waals surface area (Å²) in [6.45, 7) is 1.52. The molecular weight excluding hydrogens is 600 g/mol. The molecule has 0 radical (unpaired) electrons. The van der Waals surface area contributed by atoms with Crippen LogP contribution in [0.1, 0.15) is 33.2 Å². The molecule has 1 saturated heterocycles. The maximum absolute atomic E-state index is 13.4. The second-order valence-corrected chi connectivity index (χ2v) is 11.0. The van der Waals surface area contributed by atoms with Gasteiger partial charge in [0.05, 0.1) is 31.5 Å². The number of ether oxygens (including phenoxy) is 8. The van der Waals surface area contributed by atoms with Gasteiger partial charge in [-0.1, -0.05) is 24.3 Å². The molecule has 3 aliphatic rings. The van der Waals surface area contributed by atoms with Crippen LogP contribution in [0, 0.1) is 0 Å². The van der Waals surface area contributed by atoms with Gasteiger partial charge in [-0.2, -0.15) is 0 Å². The van der Waals surface area contributed by atoms with Crippen molar-refractivity contribution >= 4 is 22.7 Å². The summed E-state index contributed by atoms with van der Waals surface area (Å²) in [5.74, 6) is 0.752. The maximum atomic E-state index is 13.4. The Bertz CT molecular complexity index is 1840. The Morgan fingerprint density at radius 3 is 2.30 bits per heavy atom. The summed E-state index contributed by atoms with van der Waals surface area (Å²) in [4.78, 5) is 26.3. The first-order chi connectivity index (χ1) is 22.3. The molecule has 1 fully saturated rings. The lowest BCUT2D eigenvalue weighted by Crippen LogP contribution is -2.59. The molecule has 0 aliphatic carbocycles. The normalized spacial score (nSPS) is 23.1. The number of cyclic esters (lactones) is 1. The van der Waals surface area contributed by atoms with Crippen LogP contribution in [0.2, 0.25) is 0 Å². The fourth-order valence-electron chi connectivity index (χ4n) is 6.01. The number of methoxy groups -OCH3 is 2. The predicted octanol–water partition coefficient (Wildman–Crippen LogP) is 3.99. The van der Waals surface area contributed by atoms with Crippen molar-refractivity contribution in [3.63, 3.8) is 0 Å². The zero-order valence-electron chi connectivity index (χ0n) is 25.1. The zero-order valence-corrected chi connectivity index (χ0v) is 25.1. The molecule has 0 amide bonds. The van der Waals surface area contributed by atoms with E-state index in [2.05, 4.69) is 0 Å². The Hall–Kier alpha value is -5.04. The SMILES string of the molecule is COc1cc2c(OC3O[C@H](C)[C@@H](O)[C@H](OC(=O)c4ccccc4)[C@H]3O)c3c(c(-c4ccc5c(c4)OCO5)c2cc1OC)C(=O)OC3. The van der Waals surface area contributed by atoms with Crippen molar-refractivity contribution < 1.29 is 57.7 Å². The number of esters is 2. The second kappa shape index (κ2) is 11.7. The van der Waals surface area contributed by atoms with Gasteiger partial charge in [0, 0.05) is 16.5 Å². The number of benzene rings is 4. The average Bonchev–Trinajstić information content (AvgIpc) is 3.71. The molecule has 3 aliphatic heterocycles. The summed E-state index contributed by atoms with van der Waals surface area (Å²) in [6, 6.07) is 17.0. The van der Waals surface area contributed by atoms with Crippen LogP contribution in [-0.4, -0.2) is 73.9 Å². The van der Waals surface area contributed by atoms with Crippen molar-refractivity contribution in [3.05, 3.63) is 77.4 Å². The van der Waals surface area contributed by atoms with Crippen LogP contribution in [0.4, 0.5) is 0 Å². The molecule has 0 bridgehead atoms. The van der Waals surface area contributed by atoms with E-state index in [1.165, 1.54) is 14.2 Å². The second-order valence-electron chi connectivity index (χ2n) is 11.0. The number of fused-ring (bicyclic) bond motifs is 3. The molecule has 46 heavy (non-hydrogen) atoms. The highest BCUT2D eigenvalue weighted by molar-refractivity contribution is 6.14. The molecular formula is C34H30O12. The van der Waals surface area contributed by atoms with Crippen molar-refractivity contribution in [2.45, 2.75) is 44.2 Å². The van der Waals surface area contributed by atoms with Crippen LogP contribution >= 0.6 is 0 Å². The third kappa shape index (κ3) is 4.91. The largest absolute Gasteiger partial charge is 0.493 e. The molecule has 0 aromatic heterocycles. The van der Waals surface area contributed by atoms with Crippen LogP contribution in [0.15, 0.2) is 60.7 Å². The first kappa shape index (κ1) is 29.7. The van der Waals surface area contributed by atoms with E-state index in [0.717, 1.165) is 0 Å². The fraction of sp³-hybridized carbons (Fsp3) is 0.294. The van der Waals surface area contributed by atoms with E-state index in [1.54, 1.807) is 61.5 Å². The molecule has 12 nitrogen and oxygen atoms in total. The van der Waals surface area contributed by atoms with E-state index < -0.39 is 42.6 Å². The van der Waals surface area contributed by atoms with Gasteiger partial charge in [0.15, 0.2) is 35.2 Å². The summed E-state index contributed by atoms with van der Waals surface area (Å²) < 4.78 is 45.7. The Morgan fingerprint density at radius 1 is 0.848 bits per heavy atom. The average molecular weight is 631 g/mol. The van der Waals surface area contributed by atoms with Crippen molar-refractivity contribution in [3.8, 4) is 39.9 Å². The molecule has 12 heteroatoms. The number of carbonyl (C=O) groups excluding carboxylic acids is 2. The summed E-state index contributed by atoms with van der Waals surface area (Å²) in [5.41, 5.74) is 2.10. The highest BCUT2D eigenvalue weighted by atomic mass is 16.7. The van der Waals surface area contributed by atoms with Gasteiger partial charge >= 0.3 is 11.9 Å². The summed E-state index contributed by atoms with van der Waals surface area (Å²) in [5, 5.41) is 23.3. The van der Waals surface area contributed by atoms with E-state index >= 15 is 0 Å². The third-order valence-electron chi connectivity index (χ3n) is 8.34. The van der Waals surface area contributed by atoms with Crippen molar-refractivity contribution in [1.82, 2.24) is 0 Å². The number of rotatable bonds is 7. The lowest BCUT2D eigenvalue weighted by atomic mass is 9.89. The van der Waals surface area contributed by atoms with Gasteiger partial charge in [-0.25, -0.2) is 9.59 Å². The van der Waals surface area contributed by atoms with Gasteiger partial charge in [-0.3, -0.25) is 0 Å². The van der Waals surface area contributed by atoms with E-state index in [9.17, 15) is 19.8 Å². The van der Waals surface area contributed by atoms with Gasteiger partial charge in [-0.05, 0) is 54.3 Å². The standard InChI is InChI=1S/C34H30O12/c1-16-28(35)31(45-32(37)17-7-5-4-6-8-17)29(36)34(44-16)46-30-20-13-24(40-3)23(39-2)12-19(20)26(27-21(30)14-41-33(27)38)18-9-10-22-25(11-18)43-15-42-22/h4-13,16,28-29,31,34-36H,14-15H2,1-3H3/t16-,28-,29-,31+,34?/m1/s1. The quantitative estimate of drug-likeness (QED) is 0.285. The Kier molecular flexibility index (Phi) is 7.55. The molecule has 238 valence electrons. The number of carbonyl (C=O) groups is 2. The molecule has 4 aromatic carbocycles. The first-order valence-corrected chi connectivity index (χ1v) is 14.5. The zero-order chi connectivity index (χ0) is 32.1. The van der Waals surface area contributed by atoms with Crippen LogP contribution in [0.25, 0.3) is 21.9 Å². The highest BCUT2D eigenvalue weighted by Gasteiger charge is 2.47. The summed E-state index contributed by atoms with van der Waals surface area (Å²) in [7, 11) is 2.99. The van der Waals surface area contributed by atoms with Gasteiger partial charge in [0.25, 0.3) is 0 Å². The van der Waals surface area contributed by atoms with Crippen LogP contribution in [-0.2, 0) is 20.8 Å². The number of aliphatic hydroxyl groups excluding tert-OH is 2. The molecule has 1 unspecified atom stereocenters. The maximum Gasteiger partial charge on any atom is 0.339 e. The number of hydrogen-bond acceptors (Lipinski definition) is 12. The molecule has 0 saturated carbocycles. The van der Waals surface area contributed by atoms with E-state index in [1.807, 2.05) is 6.07 Å². The van der Waals surface area contributed by atoms with Gasteiger partial charge in [0.1, 0.15) is 18.5 Å². The molecule has 0 spiro atoms.